The second-order valence-corrected chi connectivity index (χ2v) is 9.58. The molecule has 0 N–H and O–H groups in total. The first-order valence-electron chi connectivity index (χ1n) is 12.7. The highest BCUT2D eigenvalue weighted by Gasteiger charge is 2.13. The fraction of sp³-hybridized carbons (Fsp3) is 0.0909. The molecule has 0 amide bonds. The zero-order valence-corrected chi connectivity index (χ0v) is 22.0. The van der Waals surface area contributed by atoms with Crippen molar-refractivity contribution < 1.29 is 0 Å². The van der Waals surface area contributed by atoms with Crippen LogP contribution in [0.3, 0.4) is 0 Å². The summed E-state index contributed by atoms with van der Waals surface area (Å²) in [6, 6.07) is 18.4. The third kappa shape index (κ3) is 4.92. The average molecular weight is 507 g/mol. The van der Waals surface area contributed by atoms with E-state index >= 15 is 0 Å². The molecule has 6 nitrogen and oxygen atoms in total. The Morgan fingerprint density at radius 2 is 0.897 bits per heavy atom. The summed E-state index contributed by atoms with van der Waals surface area (Å²) in [5, 5.41) is 0. The molecular weight excluding hydrogens is 480 g/mol. The number of aryl methyl sites for hydroxylation is 3. The van der Waals surface area contributed by atoms with E-state index < -0.39 is 0 Å². The van der Waals surface area contributed by atoms with E-state index in [-0.39, 0.29) is 0 Å². The Morgan fingerprint density at radius 1 is 0.410 bits per heavy atom. The zero-order valence-electron chi connectivity index (χ0n) is 22.0. The smallest absolute Gasteiger partial charge is 0.0747 e. The van der Waals surface area contributed by atoms with Gasteiger partial charge in [0.05, 0.1) is 22.8 Å². The lowest BCUT2D eigenvalue weighted by molar-refractivity contribution is 1.20. The van der Waals surface area contributed by atoms with Crippen LogP contribution in [0, 0.1) is 20.8 Å². The maximum atomic E-state index is 4.83. The first-order valence-corrected chi connectivity index (χ1v) is 12.7. The lowest BCUT2D eigenvalue weighted by Crippen LogP contribution is -1.96. The van der Waals surface area contributed by atoms with Crippen LogP contribution in [0.4, 0.5) is 0 Å². The van der Waals surface area contributed by atoms with Gasteiger partial charge in [-0.05, 0) is 86.0 Å². The summed E-state index contributed by atoms with van der Waals surface area (Å²) in [6.07, 6.45) is 14.7. The Morgan fingerprint density at radius 3 is 1.38 bits per heavy atom. The first kappa shape index (κ1) is 24.2. The Balaban J connectivity index is 1.26. The van der Waals surface area contributed by atoms with Crippen molar-refractivity contribution in [2.24, 2.45) is 0 Å². The predicted molar refractivity (Wildman–Crippen MR) is 155 cm³/mol. The van der Waals surface area contributed by atoms with Crippen molar-refractivity contribution in [2.45, 2.75) is 20.8 Å². The lowest BCUT2D eigenvalue weighted by Gasteiger charge is -2.12. The Kier molecular flexibility index (Phi) is 6.43. The summed E-state index contributed by atoms with van der Waals surface area (Å²) < 4.78 is 0. The second-order valence-electron chi connectivity index (χ2n) is 9.58. The average Bonchev–Trinajstić information content (AvgIpc) is 2.98. The molecule has 0 saturated heterocycles. The predicted octanol–water partition coefficient (Wildman–Crippen LogP) is 7.32. The van der Waals surface area contributed by atoms with Crippen LogP contribution < -0.4 is 0 Å². The maximum Gasteiger partial charge on any atom is 0.0747 e. The minimum atomic E-state index is 0.887. The van der Waals surface area contributed by atoms with Gasteiger partial charge in [0.25, 0.3) is 0 Å². The van der Waals surface area contributed by atoms with E-state index in [0.29, 0.717) is 0 Å². The summed E-state index contributed by atoms with van der Waals surface area (Å²) in [5.74, 6) is 0. The minimum absolute atomic E-state index is 0.887. The molecule has 0 aliphatic carbocycles. The van der Waals surface area contributed by atoms with E-state index in [9.17, 15) is 0 Å². The molecule has 6 heteroatoms. The van der Waals surface area contributed by atoms with E-state index in [1.54, 1.807) is 12.4 Å². The molecule has 0 aromatic carbocycles. The van der Waals surface area contributed by atoms with Gasteiger partial charge >= 0.3 is 0 Å². The van der Waals surface area contributed by atoms with Crippen molar-refractivity contribution in [1.82, 2.24) is 29.9 Å². The van der Waals surface area contributed by atoms with Gasteiger partial charge in [-0.3, -0.25) is 29.9 Å². The normalized spacial score (nSPS) is 10.9. The molecular formula is C33H26N6. The van der Waals surface area contributed by atoms with Crippen LogP contribution in [-0.2, 0) is 0 Å². The molecule has 0 saturated carbocycles. The van der Waals surface area contributed by atoms with Crippen LogP contribution in [0.15, 0.2) is 104 Å². The van der Waals surface area contributed by atoms with Crippen molar-refractivity contribution >= 4 is 0 Å². The fourth-order valence-corrected chi connectivity index (χ4v) is 4.80. The molecule has 0 aliphatic heterocycles. The first-order chi connectivity index (χ1) is 19.1. The van der Waals surface area contributed by atoms with E-state index in [1.807, 2.05) is 67.5 Å². The molecule has 6 rings (SSSR count). The van der Waals surface area contributed by atoms with Crippen LogP contribution in [0.5, 0.6) is 0 Å². The summed E-state index contributed by atoms with van der Waals surface area (Å²) in [5.41, 5.74) is 12.9. The van der Waals surface area contributed by atoms with Crippen molar-refractivity contribution in [3.05, 3.63) is 121 Å². The number of aromatic nitrogens is 6. The highest BCUT2D eigenvalue weighted by Crippen LogP contribution is 2.31. The van der Waals surface area contributed by atoms with Gasteiger partial charge in [0, 0.05) is 83.0 Å². The number of rotatable bonds is 5. The highest BCUT2D eigenvalue weighted by molar-refractivity contribution is 5.74. The number of hydrogen-bond acceptors (Lipinski definition) is 6. The molecule has 0 fully saturated rings. The van der Waals surface area contributed by atoms with Gasteiger partial charge in [0.15, 0.2) is 0 Å². The third-order valence-corrected chi connectivity index (χ3v) is 6.77. The summed E-state index contributed by atoms with van der Waals surface area (Å²) in [6.45, 7) is 6.23. The topological polar surface area (TPSA) is 77.3 Å². The van der Waals surface area contributed by atoms with Crippen molar-refractivity contribution in [1.29, 1.82) is 0 Å². The molecule has 0 aliphatic rings. The molecule has 6 aromatic rings. The van der Waals surface area contributed by atoms with Gasteiger partial charge in [-0.15, -0.1) is 0 Å². The molecule has 6 aromatic heterocycles. The van der Waals surface area contributed by atoms with Crippen LogP contribution >= 0.6 is 0 Å². The monoisotopic (exact) mass is 506 g/mol. The van der Waals surface area contributed by atoms with Gasteiger partial charge < -0.3 is 0 Å². The molecule has 0 atom stereocenters. The van der Waals surface area contributed by atoms with Crippen molar-refractivity contribution in [3.8, 4) is 56.2 Å². The Hall–Kier alpha value is -5.10. The Bertz CT molecular complexity index is 1770. The van der Waals surface area contributed by atoms with Crippen LogP contribution in [0.25, 0.3) is 56.2 Å². The van der Waals surface area contributed by atoms with Crippen LogP contribution in [0.2, 0.25) is 0 Å². The molecule has 188 valence electrons. The highest BCUT2D eigenvalue weighted by atomic mass is 14.7. The van der Waals surface area contributed by atoms with Gasteiger partial charge in [-0.1, -0.05) is 6.07 Å². The minimum Gasteiger partial charge on any atom is -0.264 e. The van der Waals surface area contributed by atoms with Gasteiger partial charge in [0.1, 0.15) is 0 Å². The van der Waals surface area contributed by atoms with Gasteiger partial charge in [-0.2, -0.15) is 0 Å². The molecule has 0 unspecified atom stereocenters. The lowest BCUT2D eigenvalue weighted by atomic mass is 9.99. The Labute approximate surface area is 227 Å². The zero-order chi connectivity index (χ0) is 26.8. The summed E-state index contributed by atoms with van der Waals surface area (Å²) in [7, 11) is 0. The third-order valence-electron chi connectivity index (χ3n) is 6.77. The summed E-state index contributed by atoms with van der Waals surface area (Å²) >= 11 is 0. The second kappa shape index (κ2) is 10.3. The van der Waals surface area contributed by atoms with E-state index in [1.165, 1.54) is 0 Å². The van der Waals surface area contributed by atoms with E-state index in [2.05, 4.69) is 60.0 Å². The number of pyridine rings is 6. The quantitative estimate of drug-likeness (QED) is 0.244. The molecule has 0 bridgehead atoms. The SMILES string of the molecule is Cc1cc(-c2cccnc2)cnc1-c1cnc(-c2cnc(-c3ccc(-c4cccnc4)nc3)c(C)c2)c(C)c1. The van der Waals surface area contributed by atoms with Crippen molar-refractivity contribution in [2.75, 3.05) is 0 Å². The van der Waals surface area contributed by atoms with E-state index in [4.69, 9.17) is 15.0 Å². The summed E-state index contributed by atoms with van der Waals surface area (Å²) in [4.78, 5) is 27.4. The number of nitrogens with zero attached hydrogens (tertiary/aromatic N) is 6. The van der Waals surface area contributed by atoms with E-state index in [0.717, 1.165) is 72.8 Å². The molecule has 0 radical (unpaired) electrons. The van der Waals surface area contributed by atoms with Crippen molar-refractivity contribution in [3.63, 3.8) is 0 Å². The van der Waals surface area contributed by atoms with Gasteiger partial charge in [0.2, 0.25) is 0 Å². The molecule has 0 spiro atoms. The van der Waals surface area contributed by atoms with Gasteiger partial charge in [-0.25, -0.2) is 0 Å². The standard InChI is InChI=1S/C33H26N6/c1-21-12-27(24-6-4-10-34-15-24)18-37-32(21)29-14-23(3)33(39-20-29)28-13-22(2)31(38-19-28)26-8-9-30(36-17-26)25-7-5-11-35-16-25/h4-20H,1-3H3. The largest absolute Gasteiger partial charge is 0.264 e. The molecule has 39 heavy (non-hydrogen) atoms. The maximum absolute atomic E-state index is 4.83. The fourth-order valence-electron chi connectivity index (χ4n) is 4.80. The number of hydrogen-bond donors (Lipinski definition) is 0. The molecule has 6 heterocycles. The van der Waals surface area contributed by atoms with Crippen LogP contribution in [-0.4, -0.2) is 29.9 Å². The van der Waals surface area contributed by atoms with Crippen LogP contribution in [0.1, 0.15) is 16.7 Å².